The minimum atomic E-state index is -0.204. The van der Waals surface area contributed by atoms with Crippen molar-refractivity contribution >= 4 is 5.91 Å². The van der Waals surface area contributed by atoms with Crippen LogP contribution in [0.15, 0.2) is 0 Å². The standard InChI is InChI=1S/C10H19N3O/c11-7-10(6-9(12)14)3-5-13-4-1-2-8(10)13/h8H,1-7,11H2,(H2,12,14). The number of hydrogen-bond acceptors (Lipinski definition) is 3. The zero-order valence-electron chi connectivity index (χ0n) is 8.54. The van der Waals surface area contributed by atoms with Crippen LogP contribution in [-0.2, 0) is 4.79 Å². The molecule has 2 saturated heterocycles. The van der Waals surface area contributed by atoms with E-state index in [0.29, 0.717) is 19.0 Å². The third kappa shape index (κ3) is 1.42. The molecule has 0 aromatic carbocycles. The van der Waals surface area contributed by atoms with Crippen LogP contribution in [0.5, 0.6) is 0 Å². The maximum absolute atomic E-state index is 11.1. The zero-order chi connectivity index (χ0) is 10.2. The largest absolute Gasteiger partial charge is 0.370 e. The number of rotatable bonds is 3. The summed E-state index contributed by atoms with van der Waals surface area (Å²) in [6.45, 7) is 2.86. The van der Waals surface area contributed by atoms with E-state index in [1.807, 2.05) is 0 Å². The summed E-state index contributed by atoms with van der Waals surface area (Å²) in [6, 6.07) is 0.514. The first kappa shape index (κ1) is 9.93. The molecule has 0 aromatic heterocycles. The number of primary amides is 1. The SMILES string of the molecule is NCC1(CC(N)=O)CCN2CCCC21. The molecule has 14 heavy (non-hydrogen) atoms. The minimum Gasteiger partial charge on any atom is -0.370 e. The maximum Gasteiger partial charge on any atom is 0.218 e. The lowest BCUT2D eigenvalue weighted by Gasteiger charge is -2.32. The summed E-state index contributed by atoms with van der Waals surface area (Å²) in [5.74, 6) is -0.204. The fourth-order valence-electron chi connectivity index (χ4n) is 3.18. The molecule has 2 rings (SSSR count). The fraction of sp³-hybridized carbons (Fsp3) is 0.900. The number of amides is 1. The monoisotopic (exact) mass is 197 g/mol. The predicted molar refractivity (Wildman–Crippen MR) is 54.5 cm³/mol. The van der Waals surface area contributed by atoms with Crippen LogP contribution in [0.2, 0.25) is 0 Å². The van der Waals surface area contributed by atoms with E-state index >= 15 is 0 Å². The summed E-state index contributed by atoms with van der Waals surface area (Å²) >= 11 is 0. The normalized spacial score (nSPS) is 37.4. The second kappa shape index (κ2) is 3.51. The Morgan fingerprint density at radius 2 is 2.29 bits per heavy atom. The van der Waals surface area contributed by atoms with Crippen LogP contribution in [0.3, 0.4) is 0 Å². The second-order valence-corrected chi connectivity index (χ2v) is 4.65. The van der Waals surface area contributed by atoms with Gasteiger partial charge in [-0.3, -0.25) is 9.69 Å². The van der Waals surface area contributed by atoms with Crippen molar-refractivity contribution in [3.8, 4) is 0 Å². The van der Waals surface area contributed by atoms with Crippen LogP contribution < -0.4 is 11.5 Å². The Morgan fingerprint density at radius 3 is 2.93 bits per heavy atom. The molecule has 4 N–H and O–H groups in total. The number of fused-ring (bicyclic) bond motifs is 1. The van der Waals surface area contributed by atoms with Gasteiger partial charge in [-0.15, -0.1) is 0 Å². The molecule has 2 fully saturated rings. The topological polar surface area (TPSA) is 72.3 Å². The Kier molecular flexibility index (Phi) is 2.49. The lowest BCUT2D eigenvalue weighted by Crippen LogP contribution is -2.43. The van der Waals surface area contributed by atoms with Gasteiger partial charge in [0.2, 0.25) is 5.91 Å². The van der Waals surface area contributed by atoms with E-state index in [0.717, 1.165) is 13.0 Å². The molecule has 80 valence electrons. The highest BCUT2D eigenvalue weighted by Crippen LogP contribution is 2.44. The quantitative estimate of drug-likeness (QED) is 0.651. The van der Waals surface area contributed by atoms with Gasteiger partial charge in [-0.25, -0.2) is 0 Å². The maximum atomic E-state index is 11.1. The van der Waals surface area contributed by atoms with Crippen molar-refractivity contribution in [3.05, 3.63) is 0 Å². The summed E-state index contributed by atoms with van der Waals surface area (Å²) in [5, 5.41) is 0. The molecule has 0 radical (unpaired) electrons. The van der Waals surface area contributed by atoms with E-state index in [1.54, 1.807) is 0 Å². The molecule has 0 spiro atoms. The summed E-state index contributed by atoms with van der Waals surface area (Å²) in [4.78, 5) is 13.5. The van der Waals surface area contributed by atoms with E-state index in [2.05, 4.69) is 4.90 Å². The zero-order valence-corrected chi connectivity index (χ0v) is 8.54. The van der Waals surface area contributed by atoms with Crippen LogP contribution >= 0.6 is 0 Å². The molecule has 2 heterocycles. The average Bonchev–Trinajstić information content (AvgIpc) is 2.68. The van der Waals surface area contributed by atoms with Crippen molar-refractivity contribution in [2.75, 3.05) is 19.6 Å². The number of hydrogen-bond donors (Lipinski definition) is 2. The fourth-order valence-corrected chi connectivity index (χ4v) is 3.18. The number of carbonyl (C=O) groups excluding carboxylic acids is 1. The van der Waals surface area contributed by atoms with Gasteiger partial charge in [-0.05, 0) is 38.9 Å². The number of nitrogens with two attached hydrogens (primary N) is 2. The van der Waals surface area contributed by atoms with Crippen molar-refractivity contribution in [1.82, 2.24) is 4.90 Å². The van der Waals surface area contributed by atoms with E-state index in [4.69, 9.17) is 11.5 Å². The molecular formula is C10H19N3O. The highest BCUT2D eigenvalue weighted by Gasteiger charge is 2.48. The van der Waals surface area contributed by atoms with Gasteiger partial charge in [0.15, 0.2) is 0 Å². The second-order valence-electron chi connectivity index (χ2n) is 4.65. The third-order valence-corrected chi connectivity index (χ3v) is 3.90. The summed E-state index contributed by atoms with van der Waals surface area (Å²) in [5.41, 5.74) is 11.1. The molecule has 4 nitrogen and oxygen atoms in total. The number of nitrogens with zero attached hydrogens (tertiary/aromatic N) is 1. The highest BCUT2D eigenvalue weighted by atomic mass is 16.1. The van der Waals surface area contributed by atoms with Gasteiger partial charge < -0.3 is 11.5 Å². The molecule has 0 aliphatic carbocycles. The van der Waals surface area contributed by atoms with Crippen LogP contribution in [-0.4, -0.2) is 36.5 Å². The summed E-state index contributed by atoms with van der Waals surface area (Å²) in [6.07, 6.45) is 3.93. The van der Waals surface area contributed by atoms with Crippen molar-refractivity contribution in [2.45, 2.75) is 31.7 Å². The van der Waals surface area contributed by atoms with Crippen LogP contribution in [0.1, 0.15) is 25.7 Å². The van der Waals surface area contributed by atoms with E-state index < -0.39 is 0 Å². The van der Waals surface area contributed by atoms with Crippen LogP contribution in [0, 0.1) is 5.41 Å². The van der Waals surface area contributed by atoms with Crippen molar-refractivity contribution in [1.29, 1.82) is 0 Å². The molecule has 0 aromatic rings. The van der Waals surface area contributed by atoms with E-state index in [-0.39, 0.29) is 11.3 Å². The third-order valence-electron chi connectivity index (χ3n) is 3.90. The number of carbonyl (C=O) groups is 1. The van der Waals surface area contributed by atoms with Crippen molar-refractivity contribution in [2.24, 2.45) is 16.9 Å². The van der Waals surface area contributed by atoms with E-state index in [1.165, 1.54) is 19.4 Å². The molecular weight excluding hydrogens is 178 g/mol. The molecule has 2 unspecified atom stereocenters. The van der Waals surface area contributed by atoms with E-state index in [9.17, 15) is 4.79 Å². The Hall–Kier alpha value is -0.610. The van der Waals surface area contributed by atoms with Crippen molar-refractivity contribution in [3.63, 3.8) is 0 Å². The smallest absolute Gasteiger partial charge is 0.218 e. The molecule has 2 aliphatic heterocycles. The highest BCUT2D eigenvalue weighted by molar-refractivity contribution is 5.74. The predicted octanol–water partition coefficient (Wildman–Crippen LogP) is -0.325. The van der Waals surface area contributed by atoms with Gasteiger partial charge in [0.25, 0.3) is 0 Å². The molecule has 4 heteroatoms. The lowest BCUT2D eigenvalue weighted by atomic mass is 9.76. The van der Waals surface area contributed by atoms with Crippen molar-refractivity contribution < 1.29 is 4.79 Å². The Morgan fingerprint density at radius 1 is 1.50 bits per heavy atom. The Labute approximate surface area is 84.6 Å². The first-order valence-electron chi connectivity index (χ1n) is 5.40. The van der Waals surface area contributed by atoms with Crippen LogP contribution in [0.4, 0.5) is 0 Å². The lowest BCUT2D eigenvalue weighted by molar-refractivity contribution is -0.120. The van der Waals surface area contributed by atoms with Gasteiger partial charge in [0, 0.05) is 17.9 Å². The summed E-state index contributed by atoms with van der Waals surface area (Å²) in [7, 11) is 0. The van der Waals surface area contributed by atoms with Gasteiger partial charge in [0.05, 0.1) is 0 Å². The Bertz CT molecular complexity index is 244. The summed E-state index contributed by atoms with van der Waals surface area (Å²) < 4.78 is 0. The first-order chi connectivity index (χ1) is 6.68. The Balaban J connectivity index is 2.15. The van der Waals surface area contributed by atoms with Gasteiger partial charge >= 0.3 is 0 Å². The minimum absolute atomic E-state index is 0.0116. The molecule has 1 amide bonds. The van der Waals surface area contributed by atoms with Gasteiger partial charge in [-0.2, -0.15) is 0 Å². The molecule has 2 atom stereocenters. The van der Waals surface area contributed by atoms with Gasteiger partial charge in [-0.1, -0.05) is 0 Å². The molecule has 0 bridgehead atoms. The molecule has 0 saturated carbocycles. The van der Waals surface area contributed by atoms with Gasteiger partial charge in [0.1, 0.15) is 0 Å². The van der Waals surface area contributed by atoms with Crippen LogP contribution in [0.25, 0.3) is 0 Å². The average molecular weight is 197 g/mol. The molecule has 2 aliphatic rings. The first-order valence-corrected chi connectivity index (χ1v) is 5.40.